The lowest BCUT2D eigenvalue weighted by molar-refractivity contribution is 0.412. The first-order valence-corrected chi connectivity index (χ1v) is 11.8. The molecule has 0 spiro atoms. The molecule has 2 N–H and O–H groups in total. The van der Waals surface area contributed by atoms with Gasteiger partial charge in [-0.25, -0.2) is 9.37 Å². The first-order chi connectivity index (χ1) is 13.5. The van der Waals surface area contributed by atoms with Gasteiger partial charge in [0.25, 0.3) is 0 Å². The van der Waals surface area contributed by atoms with E-state index in [0.717, 1.165) is 33.3 Å². The topological polar surface area (TPSA) is 53.1 Å². The van der Waals surface area contributed by atoms with E-state index in [1.165, 1.54) is 15.2 Å². The molecule has 28 heavy (non-hydrogen) atoms. The molecule has 0 aliphatic rings. The number of aryl methyl sites for hydroxylation is 1. The Bertz CT molecular complexity index is 1190. The van der Waals surface area contributed by atoms with E-state index in [2.05, 4.69) is 32.3 Å². The van der Waals surface area contributed by atoms with Crippen LogP contribution in [-0.4, -0.2) is 16.1 Å². The van der Waals surface area contributed by atoms with Gasteiger partial charge in [0.1, 0.15) is 11.6 Å². The lowest BCUT2D eigenvalue weighted by atomic mass is 10.00. The van der Waals surface area contributed by atoms with Crippen molar-refractivity contribution >= 4 is 47.0 Å². The maximum absolute atomic E-state index is 14.1. The van der Waals surface area contributed by atoms with Crippen LogP contribution in [0.3, 0.4) is 0 Å². The summed E-state index contributed by atoms with van der Waals surface area (Å²) in [5.74, 6) is 0.209. The number of hydrogen-bond acceptors (Lipinski definition) is 4. The smallest absolute Gasteiger partial charge is 0.151 e. The molecule has 0 fully saturated rings. The van der Waals surface area contributed by atoms with Crippen LogP contribution in [0.1, 0.15) is 5.56 Å². The van der Waals surface area contributed by atoms with Gasteiger partial charge in [0.05, 0.1) is 7.11 Å². The number of halogens is 2. The second-order valence-electron chi connectivity index (χ2n) is 6.46. The Morgan fingerprint density at radius 1 is 1.14 bits per heavy atom. The molecule has 2 heterocycles. The molecule has 0 aliphatic heterocycles. The zero-order chi connectivity index (χ0) is 19.8. The van der Waals surface area contributed by atoms with Crippen LogP contribution in [0.25, 0.3) is 33.3 Å². The molecule has 0 saturated carbocycles. The van der Waals surface area contributed by atoms with E-state index in [9.17, 15) is 4.39 Å². The summed E-state index contributed by atoms with van der Waals surface area (Å²) in [7, 11) is 3.08. The number of anilines is 1. The first kappa shape index (κ1) is 19.1. The molecule has 0 amide bonds. The summed E-state index contributed by atoms with van der Waals surface area (Å²) in [6.45, 7) is 1.75. The number of nitrogen functional groups attached to an aromatic ring is 1. The van der Waals surface area contributed by atoms with E-state index in [-0.39, 0.29) is 5.82 Å². The van der Waals surface area contributed by atoms with Crippen molar-refractivity contribution in [2.75, 3.05) is 12.8 Å². The van der Waals surface area contributed by atoms with Gasteiger partial charge >= 0.3 is 0 Å². The maximum atomic E-state index is 14.1. The van der Waals surface area contributed by atoms with Gasteiger partial charge < -0.3 is 10.5 Å². The quantitative estimate of drug-likeness (QED) is 0.263. The molecule has 4 rings (SSSR count). The predicted octanol–water partition coefficient (Wildman–Crippen LogP) is 6.25. The van der Waals surface area contributed by atoms with Crippen molar-refractivity contribution in [2.24, 2.45) is 0 Å². The monoisotopic (exact) mass is 505 g/mol. The second-order valence-corrected chi connectivity index (χ2v) is 8.17. The molecule has 0 bridgehead atoms. The number of methoxy groups -OCH3 is 1. The highest BCUT2D eigenvalue weighted by Gasteiger charge is 2.18. The van der Waals surface area contributed by atoms with Crippen molar-refractivity contribution in [3.05, 3.63) is 66.2 Å². The highest BCUT2D eigenvalue weighted by molar-refractivity contribution is 14.2. The minimum absolute atomic E-state index is 0.286. The Balaban J connectivity index is 1.99. The van der Waals surface area contributed by atoms with E-state index in [0.29, 0.717) is 17.0 Å². The number of benzene rings is 2. The number of nitrogens with zero attached hydrogens (tertiary/aromatic N) is 2. The lowest BCUT2D eigenvalue weighted by Crippen LogP contribution is -1.92. The zero-order valence-electron chi connectivity index (χ0n) is 15.2. The van der Waals surface area contributed by atoms with Crippen LogP contribution in [-0.2, 0) is 0 Å². The molecule has 142 valence electrons. The van der Waals surface area contributed by atoms with Crippen molar-refractivity contribution in [1.82, 2.24) is 8.96 Å². The number of pyridine rings is 1. The number of fused-ring (bicyclic) bond motifs is 1. The van der Waals surface area contributed by atoms with E-state index in [1.54, 1.807) is 14.0 Å². The van der Waals surface area contributed by atoms with Crippen LogP contribution < -0.4 is 10.5 Å². The van der Waals surface area contributed by atoms with Gasteiger partial charge in [-0.1, -0.05) is 12.1 Å². The minimum Gasteiger partial charge on any atom is -0.496 e. The van der Waals surface area contributed by atoms with Crippen LogP contribution in [0, 0.1) is 12.7 Å². The fourth-order valence-electron chi connectivity index (χ4n) is 3.27. The molecular weight excluding hydrogens is 488 g/mol. The van der Waals surface area contributed by atoms with Crippen LogP contribution >= 0.6 is 30.3 Å². The SMILES string of the molecule is COc1cc(F)c(C)cc1-c1cn(SI)c2ncc(-c3cccc(N)c3)cc12. The van der Waals surface area contributed by atoms with Gasteiger partial charge in [0.2, 0.25) is 0 Å². The zero-order valence-corrected chi connectivity index (χ0v) is 18.2. The number of aromatic nitrogens is 2. The Kier molecular flexibility index (Phi) is 5.20. The number of hydrogen-bond donors (Lipinski definition) is 1. The Labute approximate surface area is 178 Å². The normalized spacial score (nSPS) is 11.1. The van der Waals surface area contributed by atoms with Crippen molar-refractivity contribution in [3.63, 3.8) is 0 Å². The molecular formula is C21H17FIN3OS. The van der Waals surface area contributed by atoms with Crippen LogP contribution in [0.4, 0.5) is 10.1 Å². The molecule has 4 nitrogen and oxygen atoms in total. The summed E-state index contributed by atoms with van der Waals surface area (Å²) in [6, 6.07) is 13.1. The van der Waals surface area contributed by atoms with E-state index in [1.807, 2.05) is 46.7 Å². The number of ether oxygens (including phenoxy) is 1. The van der Waals surface area contributed by atoms with Crippen LogP contribution in [0.2, 0.25) is 0 Å². The van der Waals surface area contributed by atoms with Crippen LogP contribution in [0.15, 0.2) is 54.9 Å². The molecule has 0 saturated heterocycles. The predicted molar refractivity (Wildman–Crippen MR) is 123 cm³/mol. The Hall–Kier alpha value is -2.26. The molecule has 0 aliphatic carbocycles. The van der Waals surface area contributed by atoms with Gasteiger partial charge in [-0.3, -0.25) is 3.97 Å². The van der Waals surface area contributed by atoms with Crippen molar-refractivity contribution in [3.8, 4) is 28.0 Å². The third-order valence-electron chi connectivity index (χ3n) is 4.68. The fourth-order valence-corrected chi connectivity index (χ4v) is 4.52. The first-order valence-electron chi connectivity index (χ1n) is 8.52. The molecule has 0 atom stereocenters. The second kappa shape index (κ2) is 7.63. The third kappa shape index (κ3) is 3.33. The summed E-state index contributed by atoms with van der Waals surface area (Å²) < 4.78 is 21.5. The van der Waals surface area contributed by atoms with Gasteiger partial charge in [0, 0.05) is 76.5 Å². The van der Waals surface area contributed by atoms with Crippen LogP contribution in [0.5, 0.6) is 5.75 Å². The van der Waals surface area contributed by atoms with E-state index >= 15 is 0 Å². The summed E-state index contributed by atoms with van der Waals surface area (Å²) in [5.41, 5.74) is 11.8. The van der Waals surface area contributed by atoms with E-state index < -0.39 is 0 Å². The molecule has 4 aromatic rings. The van der Waals surface area contributed by atoms with Gasteiger partial charge in [-0.05, 0) is 42.3 Å². The summed E-state index contributed by atoms with van der Waals surface area (Å²) in [5, 5.41) is 0.966. The highest BCUT2D eigenvalue weighted by Crippen LogP contribution is 2.40. The number of nitrogens with two attached hydrogens (primary N) is 1. The average Bonchev–Trinajstić information content (AvgIpc) is 3.07. The summed E-state index contributed by atoms with van der Waals surface area (Å²) >= 11 is 2.22. The summed E-state index contributed by atoms with van der Waals surface area (Å²) in [4.78, 5) is 4.68. The standard InChI is InChI=1S/C21H17FIN3OS/c1-12-6-16(20(27-2)9-19(12)22)18-11-26(28-23)21-17(18)8-14(10-25-21)13-4-3-5-15(24)7-13/h3-11H,24H2,1-2H3. The van der Waals surface area contributed by atoms with Crippen molar-refractivity contribution in [1.29, 1.82) is 0 Å². The molecule has 2 aromatic heterocycles. The largest absolute Gasteiger partial charge is 0.496 e. The summed E-state index contributed by atoms with van der Waals surface area (Å²) in [6.07, 6.45) is 3.85. The minimum atomic E-state index is -0.286. The van der Waals surface area contributed by atoms with Crippen molar-refractivity contribution < 1.29 is 9.13 Å². The molecule has 2 aromatic carbocycles. The molecule has 0 radical (unpaired) electrons. The molecule has 0 unspecified atom stereocenters. The number of rotatable bonds is 4. The van der Waals surface area contributed by atoms with Crippen molar-refractivity contribution in [2.45, 2.75) is 6.92 Å². The van der Waals surface area contributed by atoms with Gasteiger partial charge in [-0.15, -0.1) is 0 Å². The average molecular weight is 505 g/mol. The lowest BCUT2D eigenvalue weighted by Gasteiger charge is -2.10. The fraction of sp³-hybridized carbons (Fsp3) is 0.0952. The molecule has 7 heteroatoms. The third-order valence-corrected chi connectivity index (χ3v) is 6.38. The van der Waals surface area contributed by atoms with Gasteiger partial charge in [0.15, 0.2) is 5.65 Å². The van der Waals surface area contributed by atoms with Gasteiger partial charge in [-0.2, -0.15) is 0 Å². The highest BCUT2D eigenvalue weighted by atomic mass is 127. The Morgan fingerprint density at radius 2 is 1.96 bits per heavy atom. The van der Waals surface area contributed by atoms with E-state index in [4.69, 9.17) is 10.5 Å². The Morgan fingerprint density at radius 3 is 2.68 bits per heavy atom. The maximum Gasteiger partial charge on any atom is 0.151 e.